The second kappa shape index (κ2) is 2.13. The maximum absolute atomic E-state index is 11.6. The first-order valence-corrected chi connectivity index (χ1v) is 6.82. The minimum Gasteiger partial charge on any atom is -0.195 e. The van der Waals surface area contributed by atoms with E-state index in [0.29, 0.717) is 6.67 Å². The first-order chi connectivity index (χ1) is 6.37. The largest absolute Gasteiger partial charge is 0.381 e. The van der Waals surface area contributed by atoms with Crippen LogP contribution in [0.15, 0.2) is 0 Å². The van der Waals surface area contributed by atoms with Crippen LogP contribution in [0.4, 0.5) is 0 Å². The van der Waals surface area contributed by atoms with Gasteiger partial charge < -0.3 is 0 Å². The smallest absolute Gasteiger partial charge is 0.195 e. The van der Waals surface area contributed by atoms with Crippen LogP contribution in [0.1, 0.15) is 0 Å². The second-order valence-electron chi connectivity index (χ2n) is 3.67. The minimum absolute atomic E-state index is 0.0359. The molecule has 3 bridgehead atoms. The summed E-state index contributed by atoms with van der Waals surface area (Å²) in [5, 5.41) is 0. The maximum Gasteiger partial charge on any atom is 0.381 e. The van der Waals surface area contributed by atoms with E-state index in [0.717, 1.165) is 4.31 Å². The quantitative estimate of drug-likeness (QED) is 0.470. The van der Waals surface area contributed by atoms with Crippen molar-refractivity contribution in [2.24, 2.45) is 0 Å². The normalized spacial score (nSPS) is 52.0. The lowest BCUT2D eigenvalue weighted by Gasteiger charge is -2.57. The van der Waals surface area contributed by atoms with Gasteiger partial charge in [-0.15, -0.1) is 4.31 Å². The molecule has 80 valence electrons. The first kappa shape index (κ1) is 9.00. The highest BCUT2D eigenvalue weighted by Gasteiger charge is 2.67. The fraction of sp³-hybridized carbons (Fsp3) is 1.00. The molecule has 0 aromatic carbocycles. The molecule has 10 heteroatoms. The van der Waals surface area contributed by atoms with E-state index in [1.54, 1.807) is 0 Å². The van der Waals surface area contributed by atoms with Crippen LogP contribution < -0.4 is 4.72 Å². The fourth-order valence-corrected chi connectivity index (χ4v) is 5.23. The Labute approximate surface area is 81.6 Å². The highest BCUT2D eigenvalue weighted by molar-refractivity contribution is 7.88. The van der Waals surface area contributed by atoms with Crippen molar-refractivity contribution in [2.45, 2.75) is 0 Å². The average molecular weight is 241 g/mol. The van der Waals surface area contributed by atoms with Gasteiger partial charge in [-0.1, -0.05) is 4.31 Å². The van der Waals surface area contributed by atoms with Gasteiger partial charge in [-0.2, -0.15) is 25.4 Å². The van der Waals surface area contributed by atoms with Crippen molar-refractivity contribution in [3.63, 3.8) is 0 Å². The molecule has 0 amide bonds. The standard InChI is InChI=1S/C4H9N4O4S2/c9-13(10)5-1-8-3-6(13)2-7(4-8)14(8,11)12/h5H,1-4H2/q+1. The molecule has 0 aromatic rings. The summed E-state index contributed by atoms with van der Waals surface area (Å²) in [5.74, 6) is 0. The third kappa shape index (κ3) is 0.777. The zero-order chi connectivity index (χ0) is 10.2. The van der Waals surface area contributed by atoms with Gasteiger partial charge in [0, 0.05) is 0 Å². The Morgan fingerprint density at radius 3 is 2.36 bits per heavy atom. The summed E-state index contributed by atoms with van der Waals surface area (Å²) in [7, 11) is -6.76. The van der Waals surface area contributed by atoms with Crippen molar-refractivity contribution in [3.05, 3.63) is 0 Å². The second-order valence-corrected chi connectivity index (χ2v) is 7.61. The lowest BCUT2D eigenvalue weighted by molar-refractivity contribution is -0.869. The Hall–Kier alpha value is -0.260. The Bertz CT molecular complexity index is 497. The number of nitrogens with one attached hydrogen (secondary N) is 1. The molecule has 0 radical (unpaired) electrons. The summed E-state index contributed by atoms with van der Waals surface area (Å²) in [5.41, 5.74) is 0. The maximum atomic E-state index is 11.6. The molecule has 1 N–H and O–H groups in total. The zero-order valence-corrected chi connectivity index (χ0v) is 8.75. The molecule has 1 spiro atoms. The minimum atomic E-state index is -3.45. The van der Waals surface area contributed by atoms with Gasteiger partial charge in [-0.05, 0) is 0 Å². The summed E-state index contributed by atoms with van der Waals surface area (Å²) < 4.78 is 50.3. The summed E-state index contributed by atoms with van der Waals surface area (Å²) in [6.07, 6.45) is 0. The van der Waals surface area contributed by atoms with Gasteiger partial charge in [0.2, 0.25) is 0 Å². The number of rotatable bonds is 0. The van der Waals surface area contributed by atoms with Gasteiger partial charge >= 0.3 is 10.2 Å². The Kier molecular flexibility index (Phi) is 1.37. The van der Waals surface area contributed by atoms with E-state index < -0.39 is 20.4 Å². The molecule has 4 aliphatic rings. The summed E-state index contributed by atoms with van der Waals surface area (Å²) in [4.78, 5) is 0. The molecule has 0 saturated carbocycles. The van der Waals surface area contributed by atoms with E-state index >= 15 is 0 Å². The van der Waals surface area contributed by atoms with Crippen LogP contribution in [0.3, 0.4) is 0 Å². The molecule has 0 aliphatic carbocycles. The van der Waals surface area contributed by atoms with Gasteiger partial charge in [0.15, 0.2) is 20.0 Å². The van der Waals surface area contributed by atoms with Crippen LogP contribution in [0.25, 0.3) is 0 Å². The predicted octanol–water partition coefficient (Wildman–Crippen LogP) is -2.64. The van der Waals surface area contributed by atoms with Gasteiger partial charge in [0.05, 0.1) is 6.67 Å². The molecule has 4 rings (SSSR count). The molecule has 3 unspecified atom stereocenters. The number of hydrogen-bond acceptors (Lipinski definition) is 4. The fourth-order valence-electron chi connectivity index (χ4n) is 1.99. The summed E-state index contributed by atoms with van der Waals surface area (Å²) >= 11 is 0. The molecule has 3 atom stereocenters. The SMILES string of the molecule is O=S1(=O)NC[N+]23CN1CN(C2)S3(=O)=O. The third-order valence-electron chi connectivity index (χ3n) is 2.84. The van der Waals surface area contributed by atoms with Crippen LogP contribution in [0.2, 0.25) is 0 Å². The molecule has 4 fully saturated rings. The van der Waals surface area contributed by atoms with Crippen LogP contribution in [0.5, 0.6) is 0 Å². The third-order valence-corrected chi connectivity index (χ3v) is 6.46. The van der Waals surface area contributed by atoms with Crippen LogP contribution in [-0.4, -0.2) is 56.0 Å². The van der Waals surface area contributed by atoms with Gasteiger partial charge in [0.25, 0.3) is 10.2 Å². The van der Waals surface area contributed by atoms with E-state index in [4.69, 9.17) is 0 Å². The van der Waals surface area contributed by atoms with Crippen LogP contribution >= 0.6 is 0 Å². The van der Waals surface area contributed by atoms with Crippen LogP contribution in [0, 0.1) is 0 Å². The van der Waals surface area contributed by atoms with Crippen molar-refractivity contribution in [2.75, 3.05) is 26.7 Å². The topological polar surface area (TPSA) is 86.8 Å². The molecule has 4 aliphatic heterocycles. The van der Waals surface area contributed by atoms with E-state index in [1.165, 1.54) is 4.31 Å². The molecule has 0 aromatic heterocycles. The molecule has 4 saturated heterocycles. The van der Waals surface area contributed by atoms with Crippen molar-refractivity contribution in [1.29, 1.82) is 0 Å². The molecular formula is C4H9N4O4S2+. The molecular weight excluding hydrogens is 232 g/mol. The number of hydrogen-bond donors (Lipinski definition) is 1. The molecule has 14 heavy (non-hydrogen) atoms. The van der Waals surface area contributed by atoms with E-state index in [-0.39, 0.29) is 23.9 Å². The van der Waals surface area contributed by atoms with Gasteiger partial charge in [-0.25, -0.2) is 0 Å². The van der Waals surface area contributed by atoms with Crippen molar-refractivity contribution >= 4 is 20.4 Å². The highest BCUT2D eigenvalue weighted by atomic mass is 32.2. The lowest BCUT2D eigenvalue weighted by atomic mass is 10.6. The van der Waals surface area contributed by atoms with Gasteiger partial charge in [-0.3, -0.25) is 0 Å². The molecule has 8 nitrogen and oxygen atoms in total. The predicted molar refractivity (Wildman–Crippen MR) is 44.4 cm³/mol. The summed E-state index contributed by atoms with van der Waals surface area (Å²) in [6.45, 7) is 0.296. The molecule has 4 heterocycles. The number of nitrogens with zero attached hydrogens (tertiary/aromatic N) is 3. The van der Waals surface area contributed by atoms with Crippen molar-refractivity contribution < 1.29 is 20.7 Å². The Balaban J connectivity index is 2.10. The first-order valence-electron chi connectivity index (χ1n) is 3.99. The average Bonchev–Trinajstić information content (AvgIpc) is 2.13. The van der Waals surface area contributed by atoms with Crippen LogP contribution in [-0.2, 0) is 20.4 Å². The van der Waals surface area contributed by atoms with E-state index in [1.807, 2.05) is 0 Å². The lowest BCUT2D eigenvalue weighted by Crippen LogP contribution is -2.86. The number of quaternary nitrogens is 1. The van der Waals surface area contributed by atoms with Crippen molar-refractivity contribution in [1.82, 2.24) is 13.3 Å². The van der Waals surface area contributed by atoms with E-state index in [9.17, 15) is 16.8 Å². The zero-order valence-electron chi connectivity index (χ0n) is 7.12. The highest BCUT2D eigenvalue weighted by Crippen LogP contribution is 2.38. The van der Waals surface area contributed by atoms with Crippen molar-refractivity contribution in [3.8, 4) is 0 Å². The van der Waals surface area contributed by atoms with Gasteiger partial charge in [0.1, 0.15) is 0 Å². The summed E-state index contributed by atoms with van der Waals surface area (Å²) in [6, 6.07) is 0. The van der Waals surface area contributed by atoms with E-state index in [2.05, 4.69) is 4.72 Å². The Morgan fingerprint density at radius 1 is 1.07 bits per heavy atom. The Morgan fingerprint density at radius 2 is 1.71 bits per heavy atom. The monoisotopic (exact) mass is 241 g/mol.